The molecule has 0 aliphatic carbocycles. The number of aromatic amines is 1. The Balaban J connectivity index is 1.76. The van der Waals surface area contributed by atoms with Gasteiger partial charge in [0.2, 0.25) is 0 Å². The molecule has 0 radical (unpaired) electrons. The SMILES string of the molecule is NCC1CCN(C(=O)c2cc(-c3ccccc3)n[nH]2)C1. The predicted octanol–water partition coefficient (Wildman–Crippen LogP) is 1.50. The summed E-state index contributed by atoms with van der Waals surface area (Å²) in [4.78, 5) is 14.2. The number of nitrogens with two attached hydrogens (primary N) is 1. The molecule has 1 saturated heterocycles. The van der Waals surface area contributed by atoms with Crippen molar-refractivity contribution in [3.63, 3.8) is 0 Å². The fourth-order valence-electron chi connectivity index (χ4n) is 2.57. The van der Waals surface area contributed by atoms with E-state index in [-0.39, 0.29) is 5.91 Å². The molecule has 0 bridgehead atoms. The molecule has 2 aromatic rings. The number of rotatable bonds is 3. The second-order valence-electron chi connectivity index (χ2n) is 5.17. The van der Waals surface area contributed by atoms with Crippen molar-refractivity contribution in [2.24, 2.45) is 11.7 Å². The highest BCUT2D eigenvalue weighted by Gasteiger charge is 2.27. The normalized spacial score (nSPS) is 18.4. The third-order valence-electron chi connectivity index (χ3n) is 3.78. The number of benzene rings is 1. The molecule has 1 fully saturated rings. The van der Waals surface area contributed by atoms with Gasteiger partial charge in [0.15, 0.2) is 0 Å². The molecule has 1 aliphatic heterocycles. The lowest BCUT2D eigenvalue weighted by molar-refractivity contribution is 0.0782. The third kappa shape index (κ3) is 2.44. The average Bonchev–Trinajstić information content (AvgIpc) is 3.17. The molecule has 1 unspecified atom stereocenters. The van der Waals surface area contributed by atoms with Crippen molar-refractivity contribution in [1.82, 2.24) is 15.1 Å². The molecule has 104 valence electrons. The molecule has 3 rings (SSSR count). The van der Waals surface area contributed by atoms with E-state index in [0.29, 0.717) is 18.2 Å². The van der Waals surface area contributed by atoms with Gasteiger partial charge in [0, 0.05) is 18.7 Å². The van der Waals surface area contributed by atoms with Gasteiger partial charge in [-0.25, -0.2) is 0 Å². The molecule has 1 atom stereocenters. The van der Waals surface area contributed by atoms with Crippen LogP contribution in [0.5, 0.6) is 0 Å². The van der Waals surface area contributed by atoms with E-state index in [1.165, 1.54) is 0 Å². The molecule has 5 heteroatoms. The van der Waals surface area contributed by atoms with Crippen LogP contribution >= 0.6 is 0 Å². The molecule has 0 saturated carbocycles. The Morgan fingerprint density at radius 1 is 1.40 bits per heavy atom. The zero-order valence-corrected chi connectivity index (χ0v) is 11.2. The van der Waals surface area contributed by atoms with Crippen molar-refractivity contribution >= 4 is 5.91 Å². The standard InChI is InChI=1S/C15H18N4O/c16-9-11-6-7-19(10-11)15(20)14-8-13(17-18-14)12-4-2-1-3-5-12/h1-5,8,11H,6-7,9-10,16H2,(H,17,18). The van der Waals surface area contributed by atoms with Crippen molar-refractivity contribution < 1.29 is 4.79 Å². The van der Waals surface area contributed by atoms with E-state index in [0.717, 1.165) is 30.8 Å². The lowest BCUT2D eigenvalue weighted by Gasteiger charge is -2.14. The van der Waals surface area contributed by atoms with Crippen LogP contribution in [0.25, 0.3) is 11.3 Å². The molecule has 1 aromatic carbocycles. The van der Waals surface area contributed by atoms with Crippen LogP contribution < -0.4 is 5.73 Å². The fraction of sp³-hybridized carbons (Fsp3) is 0.333. The maximum atomic E-state index is 12.4. The summed E-state index contributed by atoms with van der Waals surface area (Å²) in [6.45, 7) is 2.16. The number of aromatic nitrogens is 2. The molecule has 1 aromatic heterocycles. The lowest BCUT2D eigenvalue weighted by atomic mass is 10.1. The molecular formula is C15H18N4O. The van der Waals surface area contributed by atoms with Crippen LogP contribution in [0.2, 0.25) is 0 Å². The van der Waals surface area contributed by atoms with Gasteiger partial charge in [-0.2, -0.15) is 5.10 Å². The van der Waals surface area contributed by atoms with Gasteiger partial charge in [0.25, 0.3) is 5.91 Å². The Bertz CT molecular complexity index is 593. The Labute approximate surface area is 117 Å². The first-order valence-electron chi connectivity index (χ1n) is 6.88. The van der Waals surface area contributed by atoms with Gasteiger partial charge in [-0.15, -0.1) is 0 Å². The van der Waals surface area contributed by atoms with Gasteiger partial charge < -0.3 is 10.6 Å². The van der Waals surface area contributed by atoms with Crippen molar-refractivity contribution in [1.29, 1.82) is 0 Å². The van der Waals surface area contributed by atoms with Crippen molar-refractivity contribution in [2.45, 2.75) is 6.42 Å². The minimum absolute atomic E-state index is 0.00984. The Morgan fingerprint density at radius 3 is 2.90 bits per heavy atom. The fourth-order valence-corrected chi connectivity index (χ4v) is 2.57. The molecule has 1 aliphatic rings. The molecule has 3 N–H and O–H groups in total. The summed E-state index contributed by atoms with van der Waals surface area (Å²) in [5, 5.41) is 7.06. The first-order chi connectivity index (χ1) is 9.78. The zero-order chi connectivity index (χ0) is 13.9. The van der Waals surface area contributed by atoms with Gasteiger partial charge >= 0.3 is 0 Å². The van der Waals surface area contributed by atoms with E-state index in [1.807, 2.05) is 41.3 Å². The second-order valence-corrected chi connectivity index (χ2v) is 5.17. The molecule has 20 heavy (non-hydrogen) atoms. The maximum absolute atomic E-state index is 12.4. The maximum Gasteiger partial charge on any atom is 0.271 e. The number of carbonyl (C=O) groups is 1. The van der Waals surface area contributed by atoms with Crippen LogP contribution in [0.1, 0.15) is 16.9 Å². The van der Waals surface area contributed by atoms with Gasteiger partial charge in [-0.05, 0) is 24.9 Å². The smallest absolute Gasteiger partial charge is 0.271 e. The summed E-state index contributed by atoms with van der Waals surface area (Å²) in [6, 6.07) is 11.6. The predicted molar refractivity (Wildman–Crippen MR) is 77.1 cm³/mol. The summed E-state index contributed by atoms with van der Waals surface area (Å²) in [6.07, 6.45) is 0.988. The number of amides is 1. The monoisotopic (exact) mass is 270 g/mol. The summed E-state index contributed by atoms with van der Waals surface area (Å²) in [5.74, 6) is 0.436. The number of hydrogen-bond donors (Lipinski definition) is 2. The minimum atomic E-state index is 0.00984. The van der Waals surface area contributed by atoms with E-state index < -0.39 is 0 Å². The summed E-state index contributed by atoms with van der Waals surface area (Å²) >= 11 is 0. The highest BCUT2D eigenvalue weighted by molar-refractivity contribution is 5.93. The second kappa shape index (κ2) is 5.46. The van der Waals surface area contributed by atoms with Gasteiger partial charge in [0.05, 0.1) is 5.69 Å². The third-order valence-corrected chi connectivity index (χ3v) is 3.78. The largest absolute Gasteiger partial charge is 0.337 e. The number of likely N-dealkylation sites (tertiary alicyclic amines) is 1. The van der Waals surface area contributed by atoms with Crippen molar-refractivity contribution in [2.75, 3.05) is 19.6 Å². The van der Waals surface area contributed by atoms with Crippen LogP contribution in [0, 0.1) is 5.92 Å². The molecule has 5 nitrogen and oxygen atoms in total. The van der Waals surface area contributed by atoms with Crippen LogP contribution in [-0.4, -0.2) is 40.6 Å². The molecule has 0 spiro atoms. The quantitative estimate of drug-likeness (QED) is 0.887. The number of nitrogens with one attached hydrogen (secondary N) is 1. The van der Waals surface area contributed by atoms with Crippen LogP contribution in [0.4, 0.5) is 0 Å². The van der Waals surface area contributed by atoms with E-state index in [4.69, 9.17) is 5.73 Å². The summed E-state index contributed by atoms with van der Waals surface area (Å²) in [5.41, 5.74) is 8.00. The van der Waals surface area contributed by atoms with Gasteiger partial charge in [-0.3, -0.25) is 9.89 Å². The molecule has 2 heterocycles. The van der Waals surface area contributed by atoms with E-state index in [2.05, 4.69) is 10.2 Å². The van der Waals surface area contributed by atoms with E-state index in [1.54, 1.807) is 0 Å². The highest BCUT2D eigenvalue weighted by Crippen LogP contribution is 2.20. The Kier molecular flexibility index (Phi) is 3.52. The van der Waals surface area contributed by atoms with Crippen LogP contribution in [0.3, 0.4) is 0 Å². The topological polar surface area (TPSA) is 75.0 Å². The Morgan fingerprint density at radius 2 is 2.20 bits per heavy atom. The summed E-state index contributed by atoms with van der Waals surface area (Å²) in [7, 11) is 0. The van der Waals surface area contributed by atoms with Crippen molar-refractivity contribution in [3.05, 3.63) is 42.1 Å². The number of hydrogen-bond acceptors (Lipinski definition) is 3. The van der Waals surface area contributed by atoms with Crippen LogP contribution in [0.15, 0.2) is 36.4 Å². The minimum Gasteiger partial charge on any atom is -0.337 e. The zero-order valence-electron chi connectivity index (χ0n) is 11.2. The molecule has 1 amide bonds. The van der Waals surface area contributed by atoms with E-state index in [9.17, 15) is 4.79 Å². The summed E-state index contributed by atoms with van der Waals surface area (Å²) < 4.78 is 0. The number of H-pyrrole nitrogens is 1. The van der Waals surface area contributed by atoms with Gasteiger partial charge in [-0.1, -0.05) is 30.3 Å². The first-order valence-corrected chi connectivity index (χ1v) is 6.88. The highest BCUT2D eigenvalue weighted by atomic mass is 16.2. The number of carbonyl (C=O) groups excluding carboxylic acids is 1. The van der Waals surface area contributed by atoms with Crippen molar-refractivity contribution in [3.8, 4) is 11.3 Å². The van der Waals surface area contributed by atoms with Gasteiger partial charge in [0.1, 0.15) is 5.69 Å². The lowest BCUT2D eigenvalue weighted by Crippen LogP contribution is -2.30. The van der Waals surface area contributed by atoms with E-state index >= 15 is 0 Å². The Hall–Kier alpha value is -2.14. The number of nitrogens with zero attached hydrogens (tertiary/aromatic N) is 2. The van der Waals surface area contributed by atoms with Crippen LogP contribution in [-0.2, 0) is 0 Å². The molecular weight excluding hydrogens is 252 g/mol. The first kappa shape index (κ1) is 12.9. The average molecular weight is 270 g/mol.